The van der Waals surface area contributed by atoms with Gasteiger partial charge < -0.3 is 4.57 Å². The van der Waals surface area contributed by atoms with Gasteiger partial charge in [-0.25, -0.2) is 0 Å². The van der Waals surface area contributed by atoms with Crippen molar-refractivity contribution in [2.45, 2.75) is 40.5 Å². The van der Waals surface area contributed by atoms with Crippen LogP contribution in [-0.2, 0) is 6.42 Å². The van der Waals surface area contributed by atoms with Crippen molar-refractivity contribution in [2.24, 2.45) is 5.41 Å². The third-order valence-corrected chi connectivity index (χ3v) is 5.14. The zero-order valence-corrected chi connectivity index (χ0v) is 14.5. The van der Waals surface area contributed by atoms with Gasteiger partial charge in [-0.05, 0) is 49.4 Å². The molecule has 0 fully saturated rings. The number of benzene rings is 1. The Morgan fingerprint density at radius 3 is 2.52 bits per heavy atom. The highest BCUT2D eigenvalue weighted by Gasteiger charge is 2.34. The Hall–Kier alpha value is -1.35. The van der Waals surface area contributed by atoms with E-state index < -0.39 is 0 Å². The van der Waals surface area contributed by atoms with E-state index >= 15 is 0 Å². The van der Waals surface area contributed by atoms with Gasteiger partial charge in [-0.15, -0.1) is 0 Å². The van der Waals surface area contributed by atoms with Crippen LogP contribution in [0.4, 0.5) is 0 Å². The fraction of sp³-hybridized carbons (Fsp3) is 0.389. The number of aryl methyl sites for hydroxylation is 2. The van der Waals surface area contributed by atoms with Crippen LogP contribution in [0.5, 0.6) is 0 Å². The molecule has 1 aromatic heterocycles. The Kier molecular flexibility index (Phi) is 3.36. The first-order chi connectivity index (χ1) is 9.78. The first-order valence-electron chi connectivity index (χ1n) is 7.29. The van der Waals surface area contributed by atoms with Crippen molar-refractivity contribution >= 4 is 21.7 Å². The van der Waals surface area contributed by atoms with Crippen molar-refractivity contribution in [2.75, 3.05) is 0 Å². The maximum Gasteiger partial charge on any atom is 0.165 e. The molecule has 1 aromatic carbocycles. The first-order valence-corrected chi connectivity index (χ1v) is 8.09. The molecule has 0 aliphatic heterocycles. The molecular formula is C18H20BrNO. The van der Waals surface area contributed by atoms with Crippen LogP contribution >= 0.6 is 15.9 Å². The Balaban J connectivity index is 2.20. The first kappa shape index (κ1) is 14.6. The summed E-state index contributed by atoms with van der Waals surface area (Å²) in [7, 11) is 0. The summed E-state index contributed by atoms with van der Waals surface area (Å²) in [6.45, 7) is 8.50. The van der Waals surface area contributed by atoms with E-state index in [9.17, 15) is 4.79 Å². The summed E-state index contributed by atoms with van der Waals surface area (Å²) in [4.78, 5) is 12.4. The average molecular weight is 346 g/mol. The van der Waals surface area contributed by atoms with Gasteiger partial charge in [-0.2, -0.15) is 0 Å². The second-order valence-corrected chi connectivity index (χ2v) is 7.71. The minimum Gasteiger partial charge on any atom is -0.317 e. The van der Waals surface area contributed by atoms with E-state index in [-0.39, 0.29) is 11.2 Å². The number of aromatic nitrogens is 1. The molecule has 0 radical (unpaired) electrons. The summed E-state index contributed by atoms with van der Waals surface area (Å²) in [6, 6.07) is 8.41. The van der Waals surface area contributed by atoms with Gasteiger partial charge in [0, 0.05) is 33.5 Å². The van der Waals surface area contributed by atoms with Gasteiger partial charge >= 0.3 is 0 Å². The highest BCUT2D eigenvalue weighted by Crippen LogP contribution is 2.37. The van der Waals surface area contributed by atoms with E-state index in [0.29, 0.717) is 6.42 Å². The van der Waals surface area contributed by atoms with E-state index in [1.807, 2.05) is 6.07 Å². The molecule has 21 heavy (non-hydrogen) atoms. The van der Waals surface area contributed by atoms with E-state index in [4.69, 9.17) is 0 Å². The summed E-state index contributed by atoms with van der Waals surface area (Å²) in [6.07, 6.45) is 1.58. The number of halogens is 1. The number of carbonyl (C=O) groups excluding carboxylic acids is 1. The number of fused-ring (bicyclic) bond motifs is 1. The van der Waals surface area contributed by atoms with Crippen LogP contribution in [0.2, 0.25) is 0 Å². The standard InChI is InChI=1S/C18H20BrNO/c1-11-5-6-13(8-15(11)19)20-12(2)7-14-16(20)9-18(3,4)10-17(14)21/h5-8H,9-10H2,1-4H3. The van der Waals surface area contributed by atoms with Crippen molar-refractivity contribution in [3.05, 3.63) is 51.3 Å². The summed E-state index contributed by atoms with van der Waals surface area (Å²) in [5.74, 6) is 0.272. The molecule has 0 unspecified atom stereocenters. The zero-order valence-electron chi connectivity index (χ0n) is 13.0. The number of hydrogen-bond donors (Lipinski definition) is 0. The molecule has 0 spiro atoms. The number of carbonyl (C=O) groups is 1. The highest BCUT2D eigenvalue weighted by atomic mass is 79.9. The van der Waals surface area contributed by atoms with Crippen molar-refractivity contribution in [3.8, 4) is 5.69 Å². The van der Waals surface area contributed by atoms with Crippen LogP contribution in [0.3, 0.4) is 0 Å². The Bertz CT molecular complexity index is 740. The van der Waals surface area contributed by atoms with Crippen LogP contribution in [0, 0.1) is 19.3 Å². The van der Waals surface area contributed by atoms with E-state index in [1.54, 1.807) is 0 Å². The van der Waals surface area contributed by atoms with Crippen LogP contribution in [0.15, 0.2) is 28.7 Å². The van der Waals surface area contributed by atoms with Crippen LogP contribution < -0.4 is 0 Å². The fourth-order valence-corrected chi connectivity index (χ4v) is 3.60. The lowest BCUT2D eigenvalue weighted by molar-refractivity contribution is 0.0911. The second kappa shape index (κ2) is 4.84. The minimum absolute atomic E-state index is 0.0363. The number of nitrogens with zero attached hydrogens (tertiary/aromatic N) is 1. The number of hydrogen-bond acceptors (Lipinski definition) is 1. The largest absolute Gasteiger partial charge is 0.317 e. The Morgan fingerprint density at radius 2 is 1.86 bits per heavy atom. The van der Waals surface area contributed by atoms with Gasteiger partial charge in [-0.1, -0.05) is 35.8 Å². The van der Waals surface area contributed by atoms with Crippen molar-refractivity contribution in [3.63, 3.8) is 0 Å². The molecule has 2 nitrogen and oxygen atoms in total. The topological polar surface area (TPSA) is 22.0 Å². The zero-order chi connectivity index (χ0) is 15.4. The monoisotopic (exact) mass is 345 g/mol. The molecule has 0 amide bonds. The van der Waals surface area contributed by atoms with Gasteiger partial charge in [0.25, 0.3) is 0 Å². The molecule has 2 aromatic rings. The molecular weight excluding hydrogens is 326 g/mol. The maximum absolute atomic E-state index is 12.4. The fourth-order valence-electron chi connectivity index (χ4n) is 3.23. The predicted octanol–water partition coefficient (Wildman–Crippen LogP) is 5.01. The molecule has 0 saturated heterocycles. The average Bonchev–Trinajstić information content (AvgIpc) is 2.68. The number of rotatable bonds is 1. The molecule has 3 heteroatoms. The SMILES string of the molecule is Cc1ccc(-n2c(C)cc3c2CC(C)(C)CC3=O)cc1Br. The van der Waals surface area contributed by atoms with E-state index in [0.717, 1.165) is 33.5 Å². The minimum atomic E-state index is 0.0363. The van der Waals surface area contributed by atoms with Gasteiger partial charge in [0.2, 0.25) is 0 Å². The molecule has 0 atom stereocenters. The maximum atomic E-state index is 12.4. The molecule has 0 N–H and O–H groups in total. The third kappa shape index (κ3) is 2.48. The van der Waals surface area contributed by atoms with Gasteiger partial charge in [0.15, 0.2) is 5.78 Å². The van der Waals surface area contributed by atoms with Crippen LogP contribution in [0.1, 0.15) is 47.6 Å². The van der Waals surface area contributed by atoms with Crippen LogP contribution in [-0.4, -0.2) is 10.4 Å². The van der Waals surface area contributed by atoms with Crippen LogP contribution in [0.25, 0.3) is 5.69 Å². The smallest absolute Gasteiger partial charge is 0.165 e. The quantitative estimate of drug-likeness (QED) is 0.711. The summed E-state index contributed by atoms with van der Waals surface area (Å²) < 4.78 is 3.33. The van der Waals surface area contributed by atoms with Crippen molar-refractivity contribution < 1.29 is 4.79 Å². The summed E-state index contributed by atoms with van der Waals surface area (Å²) in [5, 5.41) is 0. The lowest BCUT2D eigenvalue weighted by atomic mass is 9.76. The second-order valence-electron chi connectivity index (χ2n) is 6.86. The molecule has 110 valence electrons. The Morgan fingerprint density at radius 1 is 1.14 bits per heavy atom. The highest BCUT2D eigenvalue weighted by molar-refractivity contribution is 9.10. The normalized spacial score (nSPS) is 16.9. The number of ketones is 1. The molecule has 1 heterocycles. The molecule has 1 aliphatic carbocycles. The summed E-state index contributed by atoms with van der Waals surface area (Å²) in [5.41, 5.74) is 5.56. The predicted molar refractivity (Wildman–Crippen MR) is 89.4 cm³/mol. The molecule has 0 bridgehead atoms. The molecule has 0 saturated carbocycles. The van der Waals surface area contributed by atoms with E-state index in [1.165, 1.54) is 5.56 Å². The van der Waals surface area contributed by atoms with Crippen molar-refractivity contribution in [1.82, 2.24) is 4.57 Å². The molecule has 1 aliphatic rings. The van der Waals surface area contributed by atoms with Gasteiger partial charge in [0.1, 0.15) is 0 Å². The lowest BCUT2D eigenvalue weighted by Crippen LogP contribution is -2.27. The molecule has 3 rings (SSSR count). The lowest BCUT2D eigenvalue weighted by Gasteiger charge is -2.30. The summed E-state index contributed by atoms with van der Waals surface area (Å²) >= 11 is 3.61. The van der Waals surface area contributed by atoms with Crippen molar-refractivity contribution in [1.29, 1.82) is 0 Å². The Labute approximate surface area is 134 Å². The van der Waals surface area contributed by atoms with E-state index in [2.05, 4.69) is 66.4 Å². The number of Topliss-reactive ketones (excluding diaryl/α,β-unsaturated/α-hetero) is 1. The van der Waals surface area contributed by atoms with Gasteiger partial charge in [-0.3, -0.25) is 4.79 Å². The van der Waals surface area contributed by atoms with Gasteiger partial charge in [0.05, 0.1) is 0 Å². The third-order valence-electron chi connectivity index (χ3n) is 4.29.